The highest BCUT2D eigenvalue weighted by atomic mass is 16.5. The van der Waals surface area contributed by atoms with Crippen LogP contribution in [0.5, 0.6) is 5.75 Å². The van der Waals surface area contributed by atoms with Gasteiger partial charge < -0.3 is 10.5 Å². The highest BCUT2D eigenvalue weighted by molar-refractivity contribution is 5.44. The van der Waals surface area contributed by atoms with Crippen LogP contribution in [0.3, 0.4) is 0 Å². The maximum atomic E-state index is 5.94. The lowest BCUT2D eigenvalue weighted by Crippen LogP contribution is -2.01. The third kappa shape index (κ3) is 2.41. The number of nitrogen functional groups attached to an aromatic ring is 1. The first-order chi connectivity index (χ1) is 8.24. The number of nitrogens with two attached hydrogens (primary N) is 1. The Kier molecular flexibility index (Phi) is 3.32. The van der Waals surface area contributed by atoms with E-state index in [4.69, 9.17) is 10.5 Å². The molecule has 1 heterocycles. The fourth-order valence-corrected chi connectivity index (χ4v) is 1.76. The molecule has 2 aromatic rings. The van der Waals surface area contributed by atoms with Crippen molar-refractivity contribution in [1.29, 1.82) is 0 Å². The van der Waals surface area contributed by atoms with Gasteiger partial charge in [0.1, 0.15) is 11.6 Å². The van der Waals surface area contributed by atoms with Crippen LogP contribution in [0, 0.1) is 0 Å². The second-order valence-corrected chi connectivity index (χ2v) is 3.92. The molecule has 2 rings (SSSR count). The number of benzene rings is 1. The summed E-state index contributed by atoms with van der Waals surface area (Å²) in [5.41, 5.74) is 7.92. The van der Waals surface area contributed by atoms with Gasteiger partial charge in [0.25, 0.3) is 0 Å². The maximum absolute atomic E-state index is 5.94. The van der Waals surface area contributed by atoms with Crippen molar-refractivity contribution in [3.63, 3.8) is 0 Å². The third-order valence-electron chi connectivity index (χ3n) is 2.61. The highest BCUT2D eigenvalue weighted by Gasteiger charge is 2.06. The maximum Gasteiger partial charge on any atom is 0.127 e. The second kappa shape index (κ2) is 4.91. The summed E-state index contributed by atoms with van der Waals surface area (Å²) in [6.07, 6.45) is 2.02. The van der Waals surface area contributed by atoms with Gasteiger partial charge >= 0.3 is 0 Å². The fraction of sp³-hybridized carbons (Fsp3) is 0.308. The number of methoxy groups -OCH3 is 1. The van der Waals surface area contributed by atoms with Crippen LogP contribution in [0.1, 0.15) is 19.0 Å². The lowest BCUT2D eigenvalue weighted by Gasteiger charge is -2.05. The molecule has 0 fully saturated rings. The van der Waals surface area contributed by atoms with Crippen molar-refractivity contribution in [3.05, 3.63) is 36.0 Å². The molecular weight excluding hydrogens is 214 g/mol. The Bertz CT molecular complexity index is 488. The van der Waals surface area contributed by atoms with E-state index < -0.39 is 0 Å². The molecule has 1 aromatic carbocycles. The van der Waals surface area contributed by atoms with Gasteiger partial charge in [-0.3, -0.25) is 0 Å². The summed E-state index contributed by atoms with van der Waals surface area (Å²) in [6, 6.07) is 9.61. The summed E-state index contributed by atoms with van der Waals surface area (Å²) in [7, 11) is 1.65. The van der Waals surface area contributed by atoms with Crippen LogP contribution in [0.15, 0.2) is 30.3 Å². The summed E-state index contributed by atoms with van der Waals surface area (Å²) >= 11 is 0. The molecule has 0 spiro atoms. The Labute approximate surface area is 101 Å². The van der Waals surface area contributed by atoms with Gasteiger partial charge in [-0.1, -0.05) is 13.3 Å². The fourth-order valence-electron chi connectivity index (χ4n) is 1.76. The van der Waals surface area contributed by atoms with Crippen LogP contribution in [0.2, 0.25) is 0 Å². The second-order valence-electron chi connectivity index (χ2n) is 3.92. The molecule has 17 heavy (non-hydrogen) atoms. The van der Waals surface area contributed by atoms with Crippen LogP contribution in [0.25, 0.3) is 5.69 Å². The number of hydrogen-bond donors (Lipinski definition) is 1. The molecular formula is C13H17N3O. The predicted octanol–water partition coefficient (Wildman–Crippen LogP) is 2.42. The molecule has 0 bridgehead atoms. The Balaban J connectivity index is 2.31. The van der Waals surface area contributed by atoms with Crippen LogP contribution in [0.4, 0.5) is 5.82 Å². The van der Waals surface area contributed by atoms with E-state index in [2.05, 4.69) is 12.0 Å². The van der Waals surface area contributed by atoms with Gasteiger partial charge in [0, 0.05) is 6.07 Å². The Morgan fingerprint density at radius 1 is 1.29 bits per heavy atom. The van der Waals surface area contributed by atoms with Gasteiger partial charge in [-0.25, -0.2) is 4.68 Å². The number of rotatable bonds is 4. The average Bonchev–Trinajstić information content (AvgIpc) is 2.71. The van der Waals surface area contributed by atoms with Crippen LogP contribution >= 0.6 is 0 Å². The molecule has 0 aliphatic heterocycles. The van der Waals surface area contributed by atoms with E-state index in [9.17, 15) is 0 Å². The van der Waals surface area contributed by atoms with Crippen LogP contribution in [-0.2, 0) is 6.42 Å². The van der Waals surface area contributed by atoms with E-state index in [0.717, 1.165) is 30.0 Å². The van der Waals surface area contributed by atoms with E-state index in [-0.39, 0.29) is 0 Å². The summed E-state index contributed by atoms with van der Waals surface area (Å²) in [4.78, 5) is 0. The number of aromatic nitrogens is 2. The normalized spacial score (nSPS) is 10.5. The molecule has 4 nitrogen and oxygen atoms in total. The lowest BCUT2D eigenvalue weighted by molar-refractivity contribution is 0.414. The molecule has 0 aliphatic carbocycles. The van der Waals surface area contributed by atoms with Gasteiger partial charge in [0.2, 0.25) is 0 Å². The van der Waals surface area contributed by atoms with Crippen molar-refractivity contribution < 1.29 is 4.74 Å². The zero-order chi connectivity index (χ0) is 12.3. The first kappa shape index (κ1) is 11.5. The predicted molar refractivity (Wildman–Crippen MR) is 68.5 cm³/mol. The molecule has 0 atom stereocenters. The number of hydrogen-bond acceptors (Lipinski definition) is 3. The van der Waals surface area contributed by atoms with Gasteiger partial charge in [-0.2, -0.15) is 5.10 Å². The molecule has 0 amide bonds. The summed E-state index contributed by atoms with van der Waals surface area (Å²) in [6.45, 7) is 2.13. The largest absolute Gasteiger partial charge is 0.497 e. The zero-order valence-electron chi connectivity index (χ0n) is 10.2. The Morgan fingerprint density at radius 3 is 2.59 bits per heavy atom. The van der Waals surface area contributed by atoms with Gasteiger partial charge in [-0.15, -0.1) is 0 Å². The smallest absolute Gasteiger partial charge is 0.127 e. The van der Waals surface area contributed by atoms with E-state index in [0.29, 0.717) is 5.82 Å². The molecule has 90 valence electrons. The number of aryl methyl sites for hydroxylation is 1. The van der Waals surface area contributed by atoms with E-state index in [1.807, 2.05) is 30.3 Å². The minimum Gasteiger partial charge on any atom is -0.497 e. The molecule has 4 heteroatoms. The van der Waals surface area contributed by atoms with Crippen molar-refractivity contribution in [2.24, 2.45) is 0 Å². The third-order valence-corrected chi connectivity index (χ3v) is 2.61. The van der Waals surface area contributed by atoms with Gasteiger partial charge in [0.15, 0.2) is 0 Å². The van der Waals surface area contributed by atoms with Gasteiger partial charge in [0.05, 0.1) is 18.5 Å². The zero-order valence-corrected chi connectivity index (χ0v) is 10.2. The van der Waals surface area contributed by atoms with Crippen molar-refractivity contribution in [2.75, 3.05) is 12.8 Å². The van der Waals surface area contributed by atoms with E-state index >= 15 is 0 Å². The molecule has 0 unspecified atom stereocenters. The van der Waals surface area contributed by atoms with E-state index in [1.54, 1.807) is 11.8 Å². The van der Waals surface area contributed by atoms with Crippen LogP contribution < -0.4 is 10.5 Å². The monoisotopic (exact) mass is 231 g/mol. The van der Waals surface area contributed by atoms with Crippen molar-refractivity contribution in [2.45, 2.75) is 19.8 Å². The average molecular weight is 231 g/mol. The van der Waals surface area contributed by atoms with Gasteiger partial charge in [-0.05, 0) is 30.7 Å². The molecule has 0 saturated heterocycles. The molecule has 0 saturated carbocycles. The molecule has 0 radical (unpaired) electrons. The number of ether oxygens (including phenoxy) is 1. The van der Waals surface area contributed by atoms with E-state index in [1.165, 1.54) is 0 Å². The quantitative estimate of drug-likeness (QED) is 0.879. The number of anilines is 1. The molecule has 1 aromatic heterocycles. The minimum absolute atomic E-state index is 0.665. The highest BCUT2D eigenvalue weighted by Crippen LogP contribution is 2.18. The standard InChI is InChI=1S/C13H17N3O/c1-3-4-10-9-13(14)16(15-10)11-5-7-12(17-2)8-6-11/h5-9H,3-4,14H2,1-2H3. The van der Waals surface area contributed by atoms with Crippen molar-refractivity contribution >= 4 is 5.82 Å². The minimum atomic E-state index is 0.665. The Morgan fingerprint density at radius 2 is 2.00 bits per heavy atom. The topological polar surface area (TPSA) is 53.1 Å². The van der Waals surface area contributed by atoms with Crippen molar-refractivity contribution in [3.8, 4) is 11.4 Å². The summed E-state index contributed by atoms with van der Waals surface area (Å²) in [5.74, 6) is 1.49. The van der Waals surface area contributed by atoms with Crippen molar-refractivity contribution in [1.82, 2.24) is 9.78 Å². The summed E-state index contributed by atoms with van der Waals surface area (Å²) < 4.78 is 6.87. The number of nitrogens with zero attached hydrogens (tertiary/aromatic N) is 2. The first-order valence-electron chi connectivity index (χ1n) is 5.73. The molecule has 2 N–H and O–H groups in total. The van der Waals surface area contributed by atoms with Crippen LogP contribution in [-0.4, -0.2) is 16.9 Å². The summed E-state index contributed by atoms with van der Waals surface area (Å²) in [5, 5.41) is 4.48. The SMILES string of the molecule is CCCc1cc(N)n(-c2ccc(OC)cc2)n1. The lowest BCUT2D eigenvalue weighted by atomic mass is 10.2. The molecule has 0 aliphatic rings. The Hall–Kier alpha value is -1.97. The first-order valence-corrected chi connectivity index (χ1v) is 5.73.